The number of rotatable bonds is 7. The molecule has 0 fully saturated rings. The maximum absolute atomic E-state index is 12.1. The van der Waals surface area contributed by atoms with Crippen LogP contribution in [-0.2, 0) is 4.79 Å². The zero-order valence-corrected chi connectivity index (χ0v) is 13.9. The summed E-state index contributed by atoms with van der Waals surface area (Å²) < 4.78 is 0. The van der Waals surface area contributed by atoms with Gasteiger partial charge in [0.2, 0.25) is 5.91 Å². The van der Waals surface area contributed by atoms with Gasteiger partial charge in [0.15, 0.2) is 0 Å². The first-order valence-corrected chi connectivity index (χ1v) is 7.79. The third-order valence-corrected chi connectivity index (χ3v) is 3.57. The fourth-order valence-electron chi connectivity index (χ4n) is 1.72. The molecule has 1 rings (SSSR count). The molecule has 0 aromatic heterocycles. The van der Waals surface area contributed by atoms with Gasteiger partial charge in [-0.3, -0.25) is 9.59 Å². The van der Waals surface area contributed by atoms with Crippen LogP contribution in [0.25, 0.3) is 0 Å². The Labute approximate surface area is 136 Å². The van der Waals surface area contributed by atoms with Crippen molar-refractivity contribution in [1.82, 2.24) is 5.32 Å². The monoisotopic (exact) mass is 326 g/mol. The van der Waals surface area contributed by atoms with E-state index in [0.717, 1.165) is 0 Å². The molecule has 0 aliphatic carbocycles. The van der Waals surface area contributed by atoms with Crippen molar-refractivity contribution < 1.29 is 14.7 Å². The van der Waals surface area contributed by atoms with Crippen LogP contribution in [0, 0.1) is 5.92 Å². The Morgan fingerprint density at radius 1 is 1.32 bits per heavy atom. The largest absolute Gasteiger partial charge is 0.393 e. The van der Waals surface area contributed by atoms with Gasteiger partial charge in [0, 0.05) is 18.2 Å². The summed E-state index contributed by atoms with van der Waals surface area (Å²) in [5, 5.41) is 15.2. The topological polar surface area (TPSA) is 78.4 Å². The molecule has 0 radical (unpaired) electrons. The van der Waals surface area contributed by atoms with Crippen LogP contribution in [0.1, 0.15) is 44.0 Å². The van der Waals surface area contributed by atoms with E-state index in [2.05, 4.69) is 10.6 Å². The van der Waals surface area contributed by atoms with Gasteiger partial charge in [-0.15, -0.1) is 0 Å². The van der Waals surface area contributed by atoms with Gasteiger partial charge in [-0.05, 0) is 31.0 Å². The number of hydrogen-bond donors (Lipinski definition) is 3. The van der Waals surface area contributed by atoms with Crippen LogP contribution in [0.2, 0.25) is 5.02 Å². The summed E-state index contributed by atoms with van der Waals surface area (Å²) >= 11 is 6.04. The van der Waals surface area contributed by atoms with Crippen LogP contribution in [0.15, 0.2) is 18.2 Å². The van der Waals surface area contributed by atoms with Crippen LogP contribution < -0.4 is 10.6 Å². The molecule has 22 heavy (non-hydrogen) atoms. The van der Waals surface area contributed by atoms with Crippen molar-refractivity contribution in [3.05, 3.63) is 28.8 Å². The number of anilines is 1. The minimum atomic E-state index is -0.424. The van der Waals surface area contributed by atoms with E-state index in [4.69, 9.17) is 11.6 Å². The zero-order valence-electron chi connectivity index (χ0n) is 13.1. The molecule has 1 unspecified atom stereocenters. The van der Waals surface area contributed by atoms with Gasteiger partial charge < -0.3 is 15.7 Å². The molecule has 2 amide bonds. The fourth-order valence-corrected chi connectivity index (χ4v) is 1.92. The predicted molar refractivity (Wildman–Crippen MR) is 88.2 cm³/mol. The maximum atomic E-state index is 12.1. The van der Waals surface area contributed by atoms with Crippen molar-refractivity contribution >= 4 is 29.1 Å². The first kappa shape index (κ1) is 18.5. The third kappa shape index (κ3) is 5.66. The minimum absolute atomic E-state index is 0.125. The van der Waals surface area contributed by atoms with Gasteiger partial charge in [-0.1, -0.05) is 32.4 Å². The lowest BCUT2D eigenvalue weighted by Crippen LogP contribution is -2.27. The van der Waals surface area contributed by atoms with Crippen molar-refractivity contribution in [2.24, 2.45) is 5.92 Å². The number of aliphatic hydroxyl groups is 1. The predicted octanol–water partition coefficient (Wildman–Crippen LogP) is 2.83. The standard InChI is InChI=1S/C16H23ClN2O3/c1-4-12(20)7-8-18-16(22)13-9-11(5-6-14(13)17)19-15(21)10(2)3/h5-6,9-10,12,20H,4,7-8H2,1-3H3,(H,18,22)(H,19,21). The molecule has 1 aromatic rings. The summed E-state index contributed by atoms with van der Waals surface area (Å²) in [4.78, 5) is 23.8. The Bertz CT molecular complexity index is 532. The van der Waals surface area contributed by atoms with Crippen molar-refractivity contribution in [3.63, 3.8) is 0 Å². The van der Waals surface area contributed by atoms with E-state index in [-0.39, 0.29) is 17.7 Å². The SMILES string of the molecule is CCC(O)CCNC(=O)c1cc(NC(=O)C(C)C)ccc1Cl. The summed E-state index contributed by atoms with van der Waals surface area (Å²) in [6, 6.07) is 4.78. The van der Waals surface area contributed by atoms with E-state index >= 15 is 0 Å². The second-order valence-corrected chi connectivity index (χ2v) is 5.85. The number of aliphatic hydroxyl groups excluding tert-OH is 1. The summed E-state index contributed by atoms with van der Waals surface area (Å²) in [5.41, 5.74) is 0.830. The summed E-state index contributed by atoms with van der Waals surface area (Å²) in [5.74, 6) is -0.600. The highest BCUT2D eigenvalue weighted by Crippen LogP contribution is 2.21. The van der Waals surface area contributed by atoms with E-state index in [1.54, 1.807) is 32.0 Å². The second-order valence-electron chi connectivity index (χ2n) is 5.45. The molecule has 0 aliphatic heterocycles. The lowest BCUT2D eigenvalue weighted by Gasteiger charge is -2.12. The number of halogens is 1. The number of carbonyl (C=O) groups is 2. The Kier molecular flexibility index (Phi) is 7.35. The molecule has 3 N–H and O–H groups in total. The molecule has 0 saturated carbocycles. The highest BCUT2D eigenvalue weighted by molar-refractivity contribution is 6.34. The normalized spacial score (nSPS) is 12.1. The quantitative estimate of drug-likeness (QED) is 0.721. The van der Waals surface area contributed by atoms with Crippen molar-refractivity contribution in [2.75, 3.05) is 11.9 Å². The highest BCUT2D eigenvalue weighted by atomic mass is 35.5. The fraction of sp³-hybridized carbons (Fsp3) is 0.500. The van der Waals surface area contributed by atoms with Gasteiger partial charge in [-0.2, -0.15) is 0 Å². The number of nitrogens with one attached hydrogen (secondary N) is 2. The van der Waals surface area contributed by atoms with Crippen molar-refractivity contribution in [2.45, 2.75) is 39.7 Å². The van der Waals surface area contributed by atoms with E-state index in [9.17, 15) is 14.7 Å². The van der Waals surface area contributed by atoms with Crippen LogP contribution >= 0.6 is 11.6 Å². The summed E-state index contributed by atoms with van der Waals surface area (Å²) in [6.45, 7) is 5.83. The van der Waals surface area contributed by atoms with Gasteiger partial charge in [0.25, 0.3) is 5.91 Å². The second kappa shape index (κ2) is 8.76. The van der Waals surface area contributed by atoms with Crippen molar-refractivity contribution in [1.29, 1.82) is 0 Å². The summed E-state index contributed by atoms with van der Waals surface area (Å²) in [7, 11) is 0. The van der Waals surface area contributed by atoms with Crippen LogP contribution in [0.5, 0.6) is 0 Å². The first-order valence-electron chi connectivity index (χ1n) is 7.41. The van der Waals surface area contributed by atoms with Gasteiger partial charge in [-0.25, -0.2) is 0 Å². The molecular weight excluding hydrogens is 304 g/mol. The zero-order chi connectivity index (χ0) is 16.7. The van der Waals surface area contributed by atoms with Crippen LogP contribution in [-0.4, -0.2) is 29.6 Å². The molecule has 122 valence electrons. The Hall–Kier alpha value is -1.59. The maximum Gasteiger partial charge on any atom is 0.252 e. The number of benzene rings is 1. The van der Waals surface area contributed by atoms with E-state index in [0.29, 0.717) is 35.7 Å². The van der Waals surface area contributed by atoms with E-state index in [1.807, 2.05) is 6.92 Å². The molecule has 0 spiro atoms. The van der Waals surface area contributed by atoms with Crippen LogP contribution in [0.3, 0.4) is 0 Å². The molecule has 0 heterocycles. The Morgan fingerprint density at radius 2 is 2.00 bits per heavy atom. The molecule has 1 aromatic carbocycles. The van der Waals surface area contributed by atoms with Gasteiger partial charge in [0.05, 0.1) is 16.7 Å². The molecule has 0 aliphatic rings. The average Bonchev–Trinajstić information content (AvgIpc) is 2.48. The number of amides is 2. The lowest BCUT2D eigenvalue weighted by molar-refractivity contribution is -0.118. The van der Waals surface area contributed by atoms with Crippen LogP contribution in [0.4, 0.5) is 5.69 Å². The smallest absolute Gasteiger partial charge is 0.252 e. The number of hydrogen-bond acceptors (Lipinski definition) is 3. The first-order chi connectivity index (χ1) is 10.3. The summed E-state index contributed by atoms with van der Waals surface area (Å²) in [6.07, 6.45) is 0.712. The minimum Gasteiger partial charge on any atom is -0.393 e. The molecule has 5 nitrogen and oxygen atoms in total. The Morgan fingerprint density at radius 3 is 2.59 bits per heavy atom. The third-order valence-electron chi connectivity index (χ3n) is 3.24. The number of carbonyl (C=O) groups excluding carboxylic acids is 2. The highest BCUT2D eigenvalue weighted by Gasteiger charge is 2.13. The van der Waals surface area contributed by atoms with E-state index in [1.165, 1.54) is 0 Å². The van der Waals surface area contributed by atoms with E-state index < -0.39 is 6.10 Å². The van der Waals surface area contributed by atoms with Crippen molar-refractivity contribution in [3.8, 4) is 0 Å². The molecule has 0 bridgehead atoms. The lowest BCUT2D eigenvalue weighted by atomic mass is 10.1. The van der Waals surface area contributed by atoms with Gasteiger partial charge >= 0.3 is 0 Å². The molecular formula is C16H23ClN2O3. The Balaban J connectivity index is 2.72. The molecule has 0 saturated heterocycles. The van der Waals surface area contributed by atoms with Gasteiger partial charge in [0.1, 0.15) is 0 Å². The average molecular weight is 327 g/mol. The molecule has 1 atom stereocenters. The molecule has 6 heteroatoms.